The van der Waals surface area contributed by atoms with E-state index in [-0.39, 0.29) is 0 Å². The van der Waals surface area contributed by atoms with Crippen LogP contribution in [-0.2, 0) is 0 Å². The van der Waals surface area contributed by atoms with Crippen molar-refractivity contribution < 1.29 is 0 Å². The third-order valence-electron chi connectivity index (χ3n) is 4.86. The van der Waals surface area contributed by atoms with Gasteiger partial charge < -0.3 is 4.90 Å². The maximum atomic E-state index is 4.59. The molecule has 20 heavy (non-hydrogen) atoms. The zero-order valence-electron chi connectivity index (χ0n) is 12.2. The monoisotopic (exact) mass is 287 g/mol. The molecule has 4 heteroatoms. The minimum absolute atomic E-state index is 0.646. The second-order valence-electron chi connectivity index (χ2n) is 6.52. The highest BCUT2D eigenvalue weighted by atomic mass is 32.1. The lowest BCUT2D eigenvalue weighted by Gasteiger charge is -2.26. The first-order valence-electron chi connectivity index (χ1n) is 7.69. The van der Waals surface area contributed by atoms with E-state index < -0.39 is 0 Å². The lowest BCUT2D eigenvalue weighted by Crippen LogP contribution is -2.30. The SMILES string of the molecule is C[C@H]1CC[C@@H](N(C)c2ncnc3sc(C4CC4)cc23)C1. The predicted octanol–water partition coefficient (Wildman–Crippen LogP) is 4.19. The van der Waals surface area contributed by atoms with Gasteiger partial charge in [0.2, 0.25) is 0 Å². The molecule has 2 heterocycles. The minimum Gasteiger partial charge on any atom is -0.356 e. The average Bonchev–Trinajstić information content (AvgIpc) is 3.06. The highest BCUT2D eigenvalue weighted by Crippen LogP contribution is 2.46. The summed E-state index contributed by atoms with van der Waals surface area (Å²) in [6, 6.07) is 2.99. The Hall–Kier alpha value is -1.16. The largest absolute Gasteiger partial charge is 0.356 e. The van der Waals surface area contributed by atoms with Crippen molar-refractivity contribution in [3.63, 3.8) is 0 Å². The molecular weight excluding hydrogens is 266 g/mol. The lowest BCUT2D eigenvalue weighted by molar-refractivity contribution is 0.580. The minimum atomic E-state index is 0.646. The van der Waals surface area contributed by atoms with Gasteiger partial charge in [-0.1, -0.05) is 6.92 Å². The maximum absolute atomic E-state index is 4.59. The number of anilines is 1. The summed E-state index contributed by atoms with van der Waals surface area (Å²) in [7, 11) is 2.21. The van der Waals surface area contributed by atoms with Crippen molar-refractivity contribution in [3.8, 4) is 0 Å². The fourth-order valence-corrected chi connectivity index (χ4v) is 4.58. The van der Waals surface area contributed by atoms with Gasteiger partial charge in [0.05, 0.1) is 5.39 Å². The molecule has 2 atom stereocenters. The first-order chi connectivity index (χ1) is 9.72. The van der Waals surface area contributed by atoms with Crippen molar-refractivity contribution in [2.75, 3.05) is 11.9 Å². The molecule has 0 radical (unpaired) electrons. The van der Waals surface area contributed by atoms with E-state index >= 15 is 0 Å². The molecule has 4 rings (SSSR count). The van der Waals surface area contributed by atoms with Gasteiger partial charge in [-0.3, -0.25) is 0 Å². The molecule has 0 saturated heterocycles. The predicted molar refractivity (Wildman–Crippen MR) is 84.6 cm³/mol. The molecule has 106 valence electrons. The molecule has 2 fully saturated rings. The zero-order valence-corrected chi connectivity index (χ0v) is 13.0. The van der Waals surface area contributed by atoms with Gasteiger partial charge in [-0.25, -0.2) is 9.97 Å². The quantitative estimate of drug-likeness (QED) is 0.847. The second-order valence-corrected chi connectivity index (χ2v) is 7.58. The highest BCUT2D eigenvalue weighted by Gasteiger charge is 2.29. The van der Waals surface area contributed by atoms with E-state index in [0.717, 1.165) is 22.5 Å². The third-order valence-corrected chi connectivity index (χ3v) is 6.06. The van der Waals surface area contributed by atoms with Crippen LogP contribution in [0.5, 0.6) is 0 Å². The molecule has 2 aromatic rings. The summed E-state index contributed by atoms with van der Waals surface area (Å²) >= 11 is 1.86. The Morgan fingerprint density at radius 1 is 1.20 bits per heavy atom. The van der Waals surface area contributed by atoms with Crippen LogP contribution in [0.3, 0.4) is 0 Å². The van der Waals surface area contributed by atoms with E-state index in [1.54, 1.807) is 6.33 Å². The summed E-state index contributed by atoms with van der Waals surface area (Å²) in [5.41, 5.74) is 0. The zero-order chi connectivity index (χ0) is 13.7. The lowest BCUT2D eigenvalue weighted by atomic mass is 10.1. The number of aromatic nitrogens is 2. The van der Waals surface area contributed by atoms with Crippen molar-refractivity contribution in [2.24, 2.45) is 5.92 Å². The van der Waals surface area contributed by atoms with Crippen LogP contribution < -0.4 is 4.90 Å². The summed E-state index contributed by atoms with van der Waals surface area (Å²) in [6.07, 6.45) is 8.38. The number of fused-ring (bicyclic) bond motifs is 1. The Morgan fingerprint density at radius 2 is 2.05 bits per heavy atom. The fraction of sp³-hybridized carbons (Fsp3) is 0.625. The van der Waals surface area contributed by atoms with Crippen molar-refractivity contribution in [1.82, 2.24) is 9.97 Å². The number of thiophene rings is 1. The van der Waals surface area contributed by atoms with Crippen LogP contribution in [0.1, 0.15) is 49.8 Å². The Bertz CT molecular complexity index is 632. The Kier molecular flexibility index (Phi) is 2.95. The first kappa shape index (κ1) is 12.6. The van der Waals surface area contributed by atoms with Gasteiger partial charge in [0.25, 0.3) is 0 Å². The Labute approximate surface area is 124 Å². The van der Waals surface area contributed by atoms with Crippen LogP contribution in [0.2, 0.25) is 0 Å². The van der Waals surface area contributed by atoms with E-state index in [9.17, 15) is 0 Å². The summed E-state index contributed by atoms with van der Waals surface area (Å²) in [5.74, 6) is 2.79. The van der Waals surface area contributed by atoms with E-state index in [4.69, 9.17) is 0 Å². The number of hydrogen-bond donors (Lipinski definition) is 0. The Morgan fingerprint density at radius 3 is 2.75 bits per heavy atom. The smallest absolute Gasteiger partial charge is 0.140 e. The number of rotatable bonds is 3. The van der Waals surface area contributed by atoms with Gasteiger partial charge in [-0.05, 0) is 50.0 Å². The van der Waals surface area contributed by atoms with Gasteiger partial charge in [-0.15, -0.1) is 11.3 Å². The van der Waals surface area contributed by atoms with E-state index in [1.807, 2.05) is 11.3 Å². The van der Waals surface area contributed by atoms with Crippen LogP contribution in [0.4, 0.5) is 5.82 Å². The molecule has 2 saturated carbocycles. The van der Waals surface area contributed by atoms with Gasteiger partial charge in [0.15, 0.2) is 0 Å². The van der Waals surface area contributed by atoms with Gasteiger partial charge in [-0.2, -0.15) is 0 Å². The molecule has 0 aromatic carbocycles. The molecular formula is C16H21N3S. The van der Waals surface area contributed by atoms with E-state index in [1.165, 1.54) is 42.4 Å². The molecule has 0 spiro atoms. The molecule has 0 amide bonds. The topological polar surface area (TPSA) is 29.0 Å². The fourth-order valence-electron chi connectivity index (χ4n) is 3.41. The summed E-state index contributed by atoms with van der Waals surface area (Å²) < 4.78 is 0. The average molecular weight is 287 g/mol. The summed E-state index contributed by atoms with van der Waals surface area (Å²) in [4.78, 5) is 14.1. The third kappa shape index (κ3) is 2.10. The molecule has 0 bridgehead atoms. The van der Waals surface area contributed by atoms with Crippen LogP contribution in [0, 0.1) is 5.92 Å². The van der Waals surface area contributed by atoms with Crippen molar-refractivity contribution in [2.45, 2.75) is 51.0 Å². The van der Waals surface area contributed by atoms with Gasteiger partial charge >= 0.3 is 0 Å². The van der Waals surface area contributed by atoms with Crippen molar-refractivity contribution in [3.05, 3.63) is 17.3 Å². The molecule has 2 aliphatic carbocycles. The normalized spacial score (nSPS) is 26.3. The van der Waals surface area contributed by atoms with Gasteiger partial charge in [0, 0.05) is 18.0 Å². The summed E-state index contributed by atoms with van der Waals surface area (Å²) in [6.45, 7) is 2.36. The standard InChI is InChI=1S/C16H21N3S/c1-10-3-6-12(7-10)19(2)15-13-8-14(11-4-5-11)20-16(13)18-9-17-15/h8-12H,3-7H2,1-2H3/t10-,12+/m0/s1. The van der Waals surface area contributed by atoms with Crippen molar-refractivity contribution >= 4 is 27.4 Å². The summed E-state index contributed by atoms with van der Waals surface area (Å²) in [5, 5.41) is 1.27. The number of hydrogen-bond acceptors (Lipinski definition) is 4. The van der Waals surface area contributed by atoms with Crippen LogP contribution in [0.15, 0.2) is 12.4 Å². The van der Waals surface area contributed by atoms with Crippen LogP contribution in [-0.4, -0.2) is 23.1 Å². The Balaban J connectivity index is 1.71. The number of nitrogens with zero attached hydrogens (tertiary/aromatic N) is 3. The highest BCUT2D eigenvalue weighted by molar-refractivity contribution is 7.18. The molecule has 2 aromatic heterocycles. The van der Waals surface area contributed by atoms with Crippen LogP contribution in [0.25, 0.3) is 10.2 Å². The molecule has 2 aliphatic rings. The first-order valence-corrected chi connectivity index (χ1v) is 8.51. The van der Waals surface area contributed by atoms with E-state index in [0.29, 0.717) is 6.04 Å². The molecule has 0 aliphatic heterocycles. The maximum Gasteiger partial charge on any atom is 0.140 e. The van der Waals surface area contributed by atoms with Crippen molar-refractivity contribution in [1.29, 1.82) is 0 Å². The molecule has 0 N–H and O–H groups in total. The van der Waals surface area contributed by atoms with Crippen LogP contribution >= 0.6 is 11.3 Å². The second kappa shape index (κ2) is 4.69. The van der Waals surface area contributed by atoms with Gasteiger partial charge in [0.1, 0.15) is 17.0 Å². The molecule has 3 nitrogen and oxygen atoms in total. The molecule has 0 unspecified atom stereocenters. The van der Waals surface area contributed by atoms with E-state index in [2.05, 4.69) is 34.9 Å².